The molecule has 0 aliphatic rings. The zero-order chi connectivity index (χ0) is 14.5. The molecule has 0 saturated heterocycles. The Labute approximate surface area is 128 Å². The summed E-state index contributed by atoms with van der Waals surface area (Å²) in [5, 5.41) is 2.45. The van der Waals surface area contributed by atoms with Gasteiger partial charge in [0.15, 0.2) is 0 Å². The minimum absolute atomic E-state index is 0.688. The lowest BCUT2D eigenvalue weighted by molar-refractivity contribution is 0.344. The van der Waals surface area contributed by atoms with Crippen molar-refractivity contribution in [1.82, 2.24) is 0 Å². The maximum absolute atomic E-state index is 5.81. The van der Waals surface area contributed by atoms with E-state index in [-0.39, 0.29) is 0 Å². The molecule has 0 fully saturated rings. The van der Waals surface area contributed by atoms with E-state index in [0.717, 1.165) is 17.2 Å². The molecule has 0 amide bonds. The topological polar surface area (TPSA) is 35.2 Å². The van der Waals surface area contributed by atoms with Crippen LogP contribution in [0, 0.1) is 0 Å². The van der Waals surface area contributed by atoms with Crippen LogP contribution in [0.1, 0.15) is 0 Å². The summed E-state index contributed by atoms with van der Waals surface area (Å²) in [6.07, 6.45) is 0. The quantitative estimate of drug-likeness (QED) is 0.425. The average Bonchev–Trinajstić information content (AvgIpc) is 2.53. The number of thioether (sulfide) groups is 1. The van der Waals surface area contributed by atoms with Crippen LogP contribution >= 0.6 is 11.8 Å². The standard InChI is InChI=1S/C18H17NOS/c19-16-6-9-18(10-7-16)21-12-11-20-17-8-5-14-3-1-2-4-15(14)13-17/h1-10,13H,11-12,19H2. The number of benzene rings is 3. The summed E-state index contributed by atoms with van der Waals surface area (Å²) in [6, 6.07) is 22.4. The Morgan fingerprint density at radius 3 is 2.43 bits per heavy atom. The molecular formula is C18H17NOS. The third-order valence-corrected chi connectivity index (χ3v) is 4.20. The molecule has 0 bridgehead atoms. The van der Waals surface area contributed by atoms with E-state index in [4.69, 9.17) is 10.5 Å². The van der Waals surface area contributed by atoms with Crippen LogP contribution in [-0.2, 0) is 0 Å². The third kappa shape index (κ3) is 3.70. The Balaban J connectivity index is 1.53. The number of rotatable bonds is 5. The monoisotopic (exact) mass is 295 g/mol. The Hall–Kier alpha value is -2.13. The summed E-state index contributed by atoms with van der Waals surface area (Å²) in [6.45, 7) is 0.688. The number of anilines is 1. The number of hydrogen-bond acceptors (Lipinski definition) is 3. The van der Waals surface area contributed by atoms with Gasteiger partial charge in [-0.2, -0.15) is 0 Å². The molecule has 3 aromatic carbocycles. The van der Waals surface area contributed by atoms with E-state index in [0.29, 0.717) is 6.61 Å². The molecule has 0 aliphatic carbocycles. The zero-order valence-electron chi connectivity index (χ0n) is 11.7. The molecule has 0 unspecified atom stereocenters. The van der Waals surface area contributed by atoms with E-state index in [2.05, 4.69) is 24.3 Å². The molecule has 0 saturated carbocycles. The van der Waals surface area contributed by atoms with Gasteiger partial charge in [-0.3, -0.25) is 0 Å². The Morgan fingerprint density at radius 1 is 0.857 bits per heavy atom. The number of ether oxygens (including phenoxy) is 1. The SMILES string of the molecule is Nc1ccc(SCCOc2ccc3ccccc3c2)cc1. The highest BCUT2D eigenvalue weighted by atomic mass is 32.2. The number of nitrogens with two attached hydrogens (primary N) is 1. The van der Waals surface area contributed by atoms with Gasteiger partial charge in [-0.05, 0) is 47.2 Å². The zero-order valence-corrected chi connectivity index (χ0v) is 12.5. The summed E-state index contributed by atoms with van der Waals surface area (Å²) in [5.74, 6) is 1.84. The first-order valence-electron chi connectivity index (χ1n) is 6.91. The molecule has 3 heteroatoms. The predicted octanol–water partition coefficient (Wildman–Crippen LogP) is 4.59. The van der Waals surface area contributed by atoms with Gasteiger partial charge >= 0.3 is 0 Å². The fourth-order valence-corrected chi connectivity index (χ4v) is 2.87. The molecule has 0 atom stereocenters. The van der Waals surface area contributed by atoms with Gasteiger partial charge in [0.25, 0.3) is 0 Å². The number of nitrogen functional groups attached to an aromatic ring is 1. The van der Waals surface area contributed by atoms with E-state index < -0.39 is 0 Å². The van der Waals surface area contributed by atoms with E-state index in [1.807, 2.05) is 42.5 Å². The molecule has 2 N–H and O–H groups in total. The lowest BCUT2D eigenvalue weighted by Gasteiger charge is -2.07. The van der Waals surface area contributed by atoms with Gasteiger partial charge in [-0.1, -0.05) is 30.3 Å². The summed E-state index contributed by atoms with van der Waals surface area (Å²) in [4.78, 5) is 1.21. The second-order valence-corrected chi connectivity index (χ2v) is 5.94. The van der Waals surface area contributed by atoms with Crippen molar-refractivity contribution < 1.29 is 4.74 Å². The van der Waals surface area contributed by atoms with E-state index in [1.54, 1.807) is 11.8 Å². The first-order valence-corrected chi connectivity index (χ1v) is 7.90. The van der Waals surface area contributed by atoms with Crippen LogP contribution in [0.5, 0.6) is 5.75 Å². The minimum atomic E-state index is 0.688. The summed E-state index contributed by atoms with van der Waals surface area (Å²) in [5.41, 5.74) is 6.47. The number of hydrogen-bond donors (Lipinski definition) is 1. The number of fused-ring (bicyclic) bond motifs is 1. The lowest BCUT2D eigenvalue weighted by Crippen LogP contribution is -1.99. The van der Waals surface area contributed by atoms with Crippen LogP contribution in [0.4, 0.5) is 5.69 Å². The van der Waals surface area contributed by atoms with E-state index in [1.165, 1.54) is 15.7 Å². The van der Waals surface area contributed by atoms with Crippen molar-refractivity contribution in [2.75, 3.05) is 18.1 Å². The first-order chi connectivity index (χ1) is 10.3. The van der Waals surface area contributed by atoms with Crippen molar-refractivity contribution in [2.45, 2.75) is 4.90 Å². The van der Waals surface area contributed by atoms with Crippen LogP contribution in [-0.4, -0.2) is 12.4 Å². The molecule has 3 aromatic rings. The van der Waals surface area contributed by atoms with Crippen LogP contribution in [0.3, 0.4) is 0 Å². The highest BCUT2D eigenvalue weighted by Gasteiger charge is 1.98. The van der Waals surface area contributed by atoms with Crippen LogP contribution in [0.25, 0.3) is 10.8 Å². The molecule has 0 radical (unpaired) electrons. The summed E-state index contributed by atoms with van der Waals surface area (Å²) >= 11 is 1.77. The molecule has 106 valence electrons. The molecule has 0 heterocycles. The van der Waals surface area contributed by atoms with Crippen molar-refractivity contribution in [3.05, 3.63) is 66.7 Å². The maximum Gasteiger partial charge on any atom is 0.119 e. The highest BCUT2D eigenvalue weighted by molar-refractivity contribution is 7.99. The third-order valence-electron chi connectivity index (χ3n) is 3.22. The fraction of sp³-hybridized carbons (Fsp3) is 0.111. The summed E-state index contributed by atoms with van der Waals surface area (Å²) < 4.78 is 5.81. The lowest BCUT2D eigenvalue weighted by atomic mass is 10.1. The molecule has 0 aromatic heterocycles. The van der Waals surface area contributed by atoms with Gasteiger partial charge in [0, 0.05) is 16.3 Å². The van der Waals surface area contributed by atoms with Gasteiger partial charge in [0.05, 0.1) is 6.61 Å². The molecule has 0 aliphatic heterocycles. The molecular weight excluding hydrogens is 278 g/mol. The Bertz CT molecular complexity index is 725. The first kappa shape index (κ1) is 13.8. The molecule has 21 heavy (non-hydrogen) atoms. The Morgan fingerprint density at radius 2 is 1.62 bits per heavy atom. The second-order valence-electron chi connectivity index (χ2n) is 4.77. The van der Waals surface area contributed by atoms with E-state index in [9.17, 15) is 0 Å². The van der Waals surface area contributed by atoms with E-state index >= 15 is 0 Å². The van der Waals surface area contributed by atoms with Gasteiger partial charge in [0.2, 0.25) is 0 Å². The van der Waals surface area contributed by atoms with Crippen molar-refractivity contribution in [3.8, 4) is 5.75 Å². The highest BCUT2D eigenvalue weighted by Crippen LogP contribution is 2.22. The van der Waals surface area contributed by atoms with Crippen LogP contribution < -0.4 is 10.5 Å². The van der Waals surface area contributed by atoms with Gasteiger partial charge < -0.3 is 10.5 Å². The van der Waals surface area contributed by atoms with Gasteiger partial charge in [0.1, 0.15) is 5.75 Å². The predicted molar refractivity (Wildman–Crippen MR) is 91.0 cm³/mol. The second kappa shape index (κ2) is 6.55. The maximum atomic E-state index is 5.81. The van der Waals surface area contributed by atoms with Crippen molar-refractivity contribution >= 4 is 28.2 Å². The average molecular weight is 295 g/mol. The van der Waals surface area contributed by atoms with Crippen molar-refractivity contribution in [3.63, 3.8) is 0 Å². The van der Waals surface area contributed by atoms with Crippen molar-refractivity contribution in [1.29, 1.82) is 0 Å². The smallest absolute Gasteiger partial charge is 0.119 e. The van der Waals surface area contributed by atoms with Gasteiger partial charge in [-0.25, -0.2) is 0 Å². The largest absolute Gasteiger partial charge is 0.493 e. The minimum Gasteiger partial charge on any atom is -0.493 e. The fourth-order valence-electron chi connectivity index (χ4n) is 2.14. The van der Waals surface area contributed by atoms with Crippen LogP contribution in [0.2, 0.25) is 0 Å². The van der Waals surface area contributed by atoms with Gasteiger partial charge in [-0.15, -0.1) is 11.8 Å². The summed E-state index contributed by atoms with van der Waals surface area (Å²) in [7, 11) is 0. The van der Waals surface area contributed by atoms with Crippen molar-refractivity contribution in [2.24, 2.45) is 0 Å². The normalized spacial score (nSPS) is 10.7. The molecule has 3 rings (SSSR count). The Kier molecular flexibility index (Phi) is 4.31. The molecule has 2 nitrogen and oxygen atoms in total. The molecule has 0 spiro atoms. The van der Waals surface area contributed by atoms with Crippen LogP contribution in [0.15, 0.2) is 71.6 Å².